The maximum atomic E-state index is 5.28. The normalized spacial score (nSPS) is 13.8. The van der Waals surface area contributed by atoms with Crippen molar-refractivity contribution in [3.63, 3.8) is 0 Å². The Kier molecular flexibility index (Phi) is 2.04. The minimum Gasteiger partial charge on any atom is -0.496 e. The topological polar surface area (TPSA) is 21.3 Å². The van der Waals surface area contributed by atoms with Gasteiger partial charge >= 0.3 is 0 Å². The fraction of sp³-hybridized carbons (Fsp3) is 0.200. The van der Waals surface area contributed by atoms with Gasteiger partial charge < -0.3 is 10.1 Å². The highest BCUT2D eigenvalue weighted by Gasteiger charge is 2.18. The zero-order chi connectivity index (χ0) is 9.42. The molecular formula is C10H10BrNO. The van der Waals surface area contributed by atoms with Crippen molar-refractivity contribution < 1.29 is 4.74 Å². The molecule has 2 nitrogen and oxygen atoms in total. The van der Waals surface area contributed by atoms with Crippen molar-refractivity contribution in [2.45, 2.75) is 6.42 Å². The van der Waals surface area contributed by atoms with E-state index in [2.05, 4.69) is 27.8 Å². The Morgan fingerprint density at radius 2 is 2.31 bits per heavy atom. The summed E-state index contributed by atoms with van der Waals surface area (Å²) in [5.74, 6) is 0.913. The molecule has 0 spiro atoms. The Balaban J connectivity index is 2.56. The molecular weight excluding hydrogens is 230 g/mol. The van der Waals surface area contributed by atoms with E-state index in [0.717, 1.165) is 28.0 Å². The summed E-state index contributed by atoms with van der Waals surface area (Å²) in [6, 6.07) is 4.01. The predicted octanol–water partition coefficient (Wildman–Crippen LogP) is 2.94. The molecule has 0 saturated carbocycles. The van der Waals surface area contributed by atoms with Crippen molar-refractivity contribution in [2.24, 2.45) is 0 Å². The molecule has 0 radical (unpaired) electrons. The van der Waals surface area contributed by atoms with Crippen molar-refractivity contribution >= 4 is 21.6 Å². The number of allylic oxidation sites excluding steroid dienone is 1. The van der Waals surface area contributed by atoms with E-state index in [-0.39, 0.29) is 0 Å². The van der Waals surface area contributed by atoms with Gasteiger partial charge in [0.2, 0.25) is 0 Å². The smallest absolute Gasteiger partial charge is 0.125 e. The molecule has 0 bridgehead atoms. The number of halogens is 1. The van der Waals surface area contributed by atoms with E-state index in [9.17, 15) is 0 Å². The number of anilines is 1. The molecule has 1 aromatic rings. The molecule has 1 aliphatic heterocycles. The molecule has 2 rings (SSSR count). The summed E-state index contributed by atoms with van der Waals surface area (Å²) in [5.41, 5.74) is 3.30. The summed E-state index contributed by atoms with van der Waals surface area (Å²) in [7, 11) is 1.68. The maximum absolute atomic E-state index is 5.28. The average molecular weight is 240 g/mol. The first-order valence-corrected chi connectivity index (χ1v) is 4.81. The monoisotopic (exact) mass is 239 g/mol. The van der Waals surface area contributed by atoms with Crippen LogP contribution in [-0.4, -0.2) is 7.11 Å². The van der Waals surface area contributed by atoms with Gasteiger partial charge in [0.15, 0.2) is 0 Å². The highest BCUT2D eigenvalue weighted by atomic mass is 79.9. The molecule has 0 aliphatic carbocycles. The third kappa shape index (κ3) is 1.44. The molecule has 0 fully saturated rings. The number of rotatable bonds is 1. The van der Waals surface area contributed by atoms with Gasteiger partial charge in [-0.3, -0.25) is 0 Å². The SMILES string of the molecule is C=C1Cc2c(cc(Br)cc2OC)N1. The number of benzene rings is 1. The lowest BCUT2D eigenvalue weighted by Crippen LogP contribution is -1.89. The van der Waals surface area contributed by atoms with Crippen molar-refractivity contribution in [3.05, 3.63) is 34.4 Å². The summed E-state index contributed by atoms with van der Waals surface area (Å²) in [6.45, 7) is 3.89. The van der Waals surface area contributed by atoms with Gasteiger partial charge in [0, 0.05) is 27.8 Å². The van der Waals surface area contributed by atoms with E-state index in [1.807, 2.05) is 12.1 Å². The predicted molar refractivity (Wildman–Crippen MR) is 57.2 cm³/mol. The van der Waals surface area contributed by atoms with Crippen LogP contribution in [0.5, 0.6) is 5.75 Å². The third-order valence-corrected chi connectivity index (χ3v) is 2.55. The van der Waals surface area contributed by atoms with Gasteiger partial charge in [-0.1, -0.05) is 22.5 Å². The van der Waals surface area contributed by atoms with Crippen LogP contribution in [0.4, 0.5) is 5.69 Å². The standard InChI is InChI=1S/C10H10BrNO/c1-6-3-8-9(12-6)4-7(11)5-10(8)13-2/h4-5,12H,1,3H2,2H3. The number of hydrogen-bond donors (Lipinski definition) is 1. The summed E-state index contributed by atoms with van der Waals surface area (Å²) in [4.78, 5) is 0. The van der Waals surface area contributed by atoms with Crippen LogP contribution in [0.15, 0.2) is 28.9 Å². The van der Waals surface area contributed by atoms with Crippen molar-refractivity contribution in [2.75, 3.05) is 12.4 Å². The fourth-order valence-electron chi connectivity index (χ4n) is 1.54. The van der Waals surface area contributed by atoms with Gasteiger partial charge in [0.25, 0.3) is 0 Å². The molecule has 1 aromatic carbocycles. The Labute approximate surface area is 85.7 Å². The van der Waals surface area contributed by atoms with Crippen LogP contribution in [0, 0.1) is 0 Å². The summed E-state index contributed by atoms with van der Waals surface area (Å²) < 4.78 is 6.29. The molecule has 0 unspecified atom stereocenters. The lowest BCUT2D eigenvalue weighted by atomic mass is 10.1. The van der Waals surface area contributed by atoms with Crippen molar-refractivity contribution in [1.82, 2.24) is 0 Å². The van der Waals surface area contributed by atoms with E-state index < -0.39 is 0 Å². The van der Waals surface area contributed by atoms with Gasteiger partial charge in [-0.25, -0.2) is 0 Å². The highest BCUT2D eigenvalue weighted by Crippen LogP contribution is 2.37. The molecule has 3 heteroatoms. The number of nitrogens with one attached hydrogen (secondary N) is 1. The van der Waals surface area contributed by atoms with Gasteiger partial charge in [0.05, 0.1) is 7.11 Å². The van der Waals surface area contributed by atoms with Crippen LogP contribution in [-0.2, 0) is 6.42 Å². The quantitative estimate of drug-likeness (QED) is 0.814. The minimum atomic E-state index is 0.853. The highest BCUT2D eigenvalue weighted by molar-refractivity contribution is 9.10. The first kappa shape index (κ1) is 8.63. The molecule has 0 atom stereocenters. The molecule has 0 amide bonds. The van der Waals surface area contributed by atoms with E-state index in [1.165, 1.54) is 5.56 Å². The number of hydrogen-bond acceptors (Lipinski definition) is 2. The zero-order valence-electron chi connectivity index (χ0n) is 7.36. The van der Waals surface area contributed by atoms with Crippen LogP contribution < -0.4 is 10.1 Å². The van der Waals surface area contributed by atoms with Gasteiger partial charge in [-0.2, -0.15) is 0 Å². The Morgan fingerprint density at radius 3 is 3.00 bits per heavy atom. The van der Waals surface area contributed by atoms with E-state index in [0.29, 0.717) is 0 Å². The van der Waals surface area contributed by atoms with E-state index in [1.54, 1.807) is 7.11 Å². The molecule has 1 heterocycles. The molecule has 0 aromatic heterocycles. The lowest BCUT2D eigenvalue weighted by molar-refractivity contribution is 0.411. The van der Waals surface area contributed by atoms with Crippen molar-refractivity contribution in [3.8, 4) is 5.75 Å². The summed E-state index contributed by atoms with van der Waals surface area (Å²) >= 11 is 3.43. The van der Waals surface area contributed by atoms with Crippen LogP contribution in [0.2, 0.25) is 0 Å². The van der Waals surface area contributed by atoms with E-state index >= 15 is 0 Å². The minimum absolute atomic E-state index is 0.853. The maximum Gasteiger partial charge on any atom is 0.125 e. The molecule has 0 saturated heterocycles. The molecule has 1 N–H and O–H groups in total. The van der Waals surface area contributed by atoms with Gasteiger partial charge in [-0.15, -0.1) is 0 Å². The number of fused-ring (bicyclic) bond motifs is 1. The van der Waals surface area contributed by atoms with Crippen molar-refractivity contribution in [1.29, 1.82) is 0 Å². The van der Waals surface area contributed by atoms with Crippen LogP contribution >= 0.6 is 15.9 Å². The second kappa shape index (κ2) is 3.07. The lowest BCUT2D eigenvalue weighted by Gasteiger charge is -2.06. The first-order valence-electron chi connectivity index (χ1n) is 4.02. The second-order valence-electron chi connectivity index (χ2n) is 3.04. The van der Waals surface area contributed by atoms with Gasteiger partial charge in [0.1, 0.15) is 5.75 Å². The molecule has 1 aliphatic rings. The van der Waals surface area contributed by atoms with Crippen LogP contribution in [0.25, 0.3) is 0 Å². The number of methoxy groups -OCH3 is 1. The Bertz CT molecular complexity index is 373. The van der Waals surface area contributed by atoms with Crippen LogP contribution in [0.1, 0.15) is 5.56 Å². The number of ether oxygens (including phenoxy) is 1. The Hall–Kier alpha value is -0.960. The third-order valence-electron chi connectivity index (χ3n) is 2.10. The molecule has 13 heavy (non-hydrogen) atoms. The van der Waals surface area contributed by atoms with Crippen LogP contribution in [0.3, 0.4) is 0 Å². The van der Waals surface area contributed by atoms with Gasteiger partial charge in [-0.05, 0) is 12.1 Å². The summed E-state index contributed by atoms with van der Waals surface area (Å²) in [6.07, 6.45) is 0.853. The second-order valence-corrected chi connectivity index (χ2v) is 3.96. The fourth-order valence-corrected chi connectivity index (χ4v) is 1.97. The average Bonchev–Trinajstić information content (AvgIpc) is 2.43. The first-order chi connectivity index (χ1) is 6.20. The zero-order valence-corrected chi connectivity index (χ0v) is 8.94. The Morgan fingerprint density at radius 1 is 1.54 bits per heavy atom. The largest absolute Gasteiger partial charge is 0.496 e. The summed E-state index contributed by atoms with van der Waals surface area (Å²) in [5, 5.41) is 3.21. The van der Waals surface area contributed by atoms with E-state index in [4.69, 9.17) is 4.74 Å². The molecule has 68 valence electrons.